The van der Waals surface area contributed by atoms with Gasteiger partial charge in [0, 0.05) is 49.6 Å². The van der Waals surface area contributed by atoms with Crippen LogP contribution < -0.4 is 4.74 Å². The third kappa shape index (κ3) is 4.22. The zero-order valence-electron chi connectivity index (χ0n) is 18.9. The molecule has 1 amide bonds. The van der Waals surface area contributed by atoms with Crippen molar-refractivity contribution in [3.8, 4) is 5.75 Å². The number of carboxylic acid groups (broad SMARTS) is 1. The number of ether oxygens (including phenoxy) is 1. The first-order valence-electron chi connectivity index (χ1n) is 11.2. The van der Waals surface area contributed by atoms with Gasteiger partial charge in [0.15, 0.2) is 0 Å². The van der Waals surface area contributed by atoms with Gasteiger partial charge >= 0.3 is 5.97 Å². The molecule has 2 heterocycles. The standard InChI is InChI=1S/C26H30N2O4/c1-4-10-28-11-9-19(25(28)29)12-17-5-8-23-22(13-17)21(16-27(23)2)14-18-6-7-20(26(30)31)15-24(18)32-3/h5-8,13,15-16,19H,4,9-12,14H2,1-3H3,(H,30,31). The Kier molecular flexibility index (Phi) is 6.21. The molecule has 6 heteroatoms. The van der Waals surface area contributed by atoms with Gasteiger partial charge in [0.05, 0.1) is 12.7 Å². The number of carbonyl (C=O) groups excluding carboxylic acids is 1. The molecule has 32 heavy (non-hydrogen) atoms. The van der Waals surface area contributed by atoms with Gasteiger partial charge in [-0.1, -0.05) is 19.1 Å². The maximum atomic E-state index is 12.7. The van der Waals surface area contributed by atoms with Crippen molar-refractivity contribution in [3.05, 3.63) is 64.8 Å². The third-order valence-electron chi connectivity index (χ3n) is 6.44. The number of likely N-dealkylation sites (tertiary alicyclic amines) is 1. The number of aromatic nitrogens is 1. The molecule has 1 saturated heterocycles. The molecule has 4 rings (SSSR count). The highest BCUT2D eigenvalue weighted by Gasteiger charge is 2.30. The fourth-order valence-corrected chi connectivity index (χ4v) is 4.79. The van der Waals surface area contributed by atoms with Gasteiger partial charge in [0.2, 0.25) is 5.91 Å². The Morgan fingerprint density at radius 1 is 1.19 bits per heavy atom. The fraction of sp³-hybridized carbons (Fsp3) is 0.385. The molecule has 0 bridgehead atoms. The van der Waals surface area contributed by atoms with E-state index >= 15 is 0 Å². The molecule has 0 aliphatic carbocycles. The number of hydrogen-bond acceptors (Lipinski definition) is 3. The summed E-state index contributed by atoms with van der Waals surface area (Å²) < 4.78 is 7.58. The maximum absolute atomic E-state index is 12.7. The largest absolute Gasteiger partial charge is 0.496 e. The van der Waals surface area contributed by atoms with Crippen molar-refractivity contribution < 1.29 is 19.4 Å². The molecule has 2 aromatic carbocycles. The summed E-state index contributed by atoms with van der Waals surface area (Å²) >= 11 is 0. The Bertz CT molecular complexity index is 1160. The summed E-state index contributed by atoms with van der Waals surface area (Å²) in [5.74, 6) is -0.0486. The molecule has 0 saturated carbocycles. The van der Waals surface area contributed by atoms with E-state index in [0.29, 0.717) is 12.2 Å². The van der Waals surface area contributed by atoms with Gasteiger partial charge < -0.3 is 19.3 Å². The van der Waals surface area contributed by atoms with Crippen molar-refractivity contribution in [2.45, 2.75) is 32.6 Å². The highest BCUT2D eigenvalue weighted by molar-refractivity contribution is 5.89. The predicted octanol–water partition coefficient (Wildman–Crippen LogP) is 4.28. The van der Waals surface area contributed by atoms with Crippen LogP contribution in [-0.2, 0) is 24.7 Å². The van der Waals surface area contributed by atoms with Crippen LogP contribution in [0.5, 0.6) is 5.75 Å². The Balaban J connectivity index is 1.61. The normalized spacial score (nSPS) is 16.2. The van der Waals surface area contributed by atoms with Crippen LogP contribution in [0.2, 0.25) is 0 Å². The van der Waals surface area contributed by atoms with Gasteiger partial charge in [-0.2, -0.15) is 0 Å². The zero-order chi connectivity index (χ0) is 22.8. The minimum absolute atomic E-state index is 0.0646. The second-order valence-corrected chi connectivity index (χ2v) is 8.64. The van der Waals surface area contributed by atoms with Crippen LogP contribution in [0.3, 0.4) is 0 Å². The lowest BCUT2D eigenvalue weighted by atomic mass is 9.95. The van der Waals surface area contributed by atoms with Crippen molar-refractivity contribution in [2.75, 3.05) is 20.2 Å². The predicted molar refractivity (Wildman–Crippen MR) is 124 cm³/mol. The van der Waals surface area contributed by atoms with Gasteiger partial charge in [-0.25, -0.2) is 4.79 Å². The zero-order valence-corrected chi connectivity index (χ0v) is 18.9. The van der Waals surface area contributed by atoms with Crippen molar-refractivity contribution in [3.63, 3.8) is 0 Å². The monoisotopic (exact) mass is 434 g/mol. The fourth-order valence-electron chi connectivity index (χ4n) is 4.79. The third-order valence-corrected chi connectivity index (χ3v) is 6.44. The SMILES string of the molecule is CCCN1CCC(Cc2ccc3c(c2)c(Cc2ccc(C(=O)O)cc2OC)cn3C)C1=O. The molecule has 1 unspecified atom stereocenters. The highest BCUT2D eigenvalue weighted by atomic mass is 16.5. The number of nitrogens with zero attached hydrogens (tertiary/aromatic N) is 2. The molecular formula is C26H30N2O4. The van der Waals surface area contributed by atoms with E-state index in [9.17, 15) is 14.7 Å². The number of rotatable bonds is 8. The first kappa shape index (κ1) is 21.9. The lowest BCUT2D eigenvalue weighted by Crippen LogP contribution is -2.28. The minimum atomic E-state index is -0.969. The molecule has 0 spiro atoms. The van der Waals surface area contributed by atoms with Crippen LogP contribution in [0.15, 0.2) is 42.6 Å². The highest BCUT2D eigenvalue weighted by Crippen LogP contribution is 2.30. The van der Waals surface area contributed by atoms with Crippen LogP contribution in [0.4, 0.5) is 0 Å². The molecule has 168 valence electrons. The number of carboxylic acids is 1. The lowest BCUT2D eigenvalue weighted by molar-refractivity contribution is -0.130. The Labute approximate surface area is 188 Å². The van der Waals surface area contributed by atoms with E-state index in [1.54, 1.807) is 19.2 Å². The molecular weight excluding hydrogens is 404 g/mol. The topological polar surface area (TPSA) is 71.8 Å². The Hall–Kier alpha value is -3.28. The van der Waals surface area contributed by atoms with Crippen molar-refractivity contribution in [2.24, 2.45) is 13.0 Å². The van der Waals surface area contributed by atoms with Gasteiger partial charge in [-0.3, -0.25) is 4.79 Å². The number of fused-ring (bicyclic) bond motifs is 1. The molecule has 1 atom stereocenters. The number of aryl methyl sites for hydroxylation is 1. The first-order valence-corrected chi connectivity index (χ1v) is 11.2. The Morgan fingerprint density at radius 3 is 2.72 bits per heavy atom. The van der Waals surface area contributed by atoms with Gasteiger partial charge in [-0.15, -0.1) is 0 Å². The van der Waals surface area contributed by atoms with E-state index in [-0.39, 0.29) is 17.4 Å². The number of methoxy groups -OCH3 is 1. The number of carbonyl (C=O) groups is 2. The quantitative estimate of drug-likeness (QED) is 0.575. The smallest absolute Gasteiger partial charge is 0.335 e. The number of hydrogen-bond donors (Lipinski definition) is 1. The van der Waals surface area contributed by atoms with Crippen molar-refractivity contribution in [1.29, 1.82) is 0 Å². The van der Waals surface area contributed by atoms with Gasteiger partial charge in [-0.05, 0) is 60.2 Å². The van der Waals surface area contributed by atoms with E-state index in [1.165, 1.54) is 5.56 Å². The number of amides is 1. The first-order chi connectivity index (χ1) is 15.4. The van der Waals surface area contributed by atoms with Crippen LogP contribution in [0.1, 0.15) is 46.8 Å². The molecule has 0 radical (unpaired) electrons. The van der Waals surface area contributed by atoms with Crippen molar-refractivity contribution in [1.82, 2.24) is 9.47 Å². The lowest BCUT2D eigenvalue weighted by Gasteiger charge is -2.15. The second kappa shape index (κ2) is 9.07. The van der Waals surface area contributed by atoms with E-state index in [1.807, 2.05) is 18.0 Å². The average molecular weight is 435 g/mol. The number of benzene rings is 2. The minimum Gasteiger partial charge on any atom is -0.496 e. The van der Waals surface area contributed by atoms with E-state index in [2.05, 4.69) is 35.9 Å². The maximum Gasteiger partial charge on any atom is 0.335 e. The molecule has 1 N–H and O–H groups in total. The second-order valence-electron chi connectivity index (χ2n) is 8.64. The summed E-state index contributed by atoms with van der Waals surface area (Å²) in [5.41, 5.74) is 4.61. The van der Waals surface area contributed by atoms with E-state index < -0.39 is 5.97 Å². The van der Waals surface area contributed by atoms with Crippen LogP contribution >= 0.6 is 0 Å². The Morgan fingerprint density at radius 2 is 2.00 bits per heavy atom. The number of aromatic carboxylic acids is 1. The van der Waals surface area contributed by atoms with Crippen molar-refractivity contribution >= 4 is 22.8 Å². The van der Waals surface area contributed by atoms with Crippen LogP contribution in [0, 0.1) is 5.92 Å². The van der Waals surface area contributed by atoms with Gasteiger partial charge in [0.25, 0.3) is 0 Å². The van der Waals surface area contributed by atoms with E-state index in [4.69, 9.17) is 4.74 Å². The molecule has 1 fully saturated rings. The van der Waals surface area contributed by atoms with Gasteiger partial charge in [0.1, 0.15) is 5.75 Å². The molecule has 1 aromatic heterocycles. The average Bonchev–Trinajstić information content (AvgIpc) is 3.28. The summed E-state index contributed by atoms with van der Waals surface area (Å²) in [4.78, 5) is 26.0. The summed E-state index contributed by atoms with van der Waals surface area (Å²) in [7, 11) is 3.59. The van der Waals surface area contributed by atoms with E-state index in [0.717, 1.165) is 54.4 Å². The molecule has 6 nitrogen and oxygen atoms in total. The molecule has 3 aromatic rings. The molecule has 1 aliphatic heterocycles. The summed E-state index contributed by atoms with van der Waals surface area (Å²) in [6.45, 7) is 3.82. The van der Waals surface area contributed by atoms with Crippen LogP contribution in [-0.4, -0.2) is 46.6 Å². The summed E-state index contributed by atoms with van der Waals surface area (Å²) in [5, 5.41) is 10.4. The summed E-state index contributed by atoms with van der Waals surface area (Å²) in [6, 6.07) is 11.5. The molecule has 1 aliphatic rings. The van der Waals surface area contributed by atoms with Crippen LogP contribution in [0.25, 0.3) is 10.9 Å². The summed E-state index contributed by atoms with van der Waals surface area (Å²) in [6.07, 6.45) is 5.43.